The molecule has 0 fully saturated rings. The molecule has 0 saturated heterocycles. The van der Waals surface area contributed by atoms with E-state index in [1.807, 2.05) is 32.9 Å². The van der Waals surface area contributed by atoms with Gasteiger partial charge < -0.3 is 15.1 Å². The molecule has 0 aromatic heterocycles. The molecular formula is C21H26N4O4. The second-order valence-electron chi connectivity index (χ2n) is 7.34. The molecule has 0 aliphatic carbocycles. The summed E-state index contributed by atoms with van der Waals surface area (Å²) in [6, 6.07) is 8.23. The summed E-state index contributed by atoms with van der Waals surface area (Å²) >= 11 is 0. The Balaban J connectivity index is 2.16. The zero-order valence-electron chi connectivity index (χ0n) is 17.6. The monoisotopic (exact) mass is 398 g/mol. The standard InChI is InChI=1S/C21H26N4O4/c1-13-9-14(2)20(15(3)10-13)22-19(26)12-24(6)21(27)16-7-8-17(23(4)5)18(11-16)25(28)29/h7-11H,12H2,1-6H3,(H,22,26). The molecule has 0 aliphatic heterocycles. The van der Waals surface area contributed by atoms with Gasteiger partial charge in [0.2, 0.25) is 5.91 Å². The molecule has 8 nitrogen and oxygen atoms in total. The van der Waals surface area contributed by atoms with Crippen LogP contribution in [0.2, 0.25) is 0 Å². The lowest BCUT2D eigenvalue weighted by Gasteiger charge is -2.19. The first-order valence-electron chi connectivity index (χ1n) is 9.10. The van der Waals surface area contributed by atoms with Crippen molar-refractivity contribution < 1.29 is 14.5 Å². The molecule has 0 aliphatic rings. The van der Waals surface area contributed by atoms with Crippen LogP contribution >= 0.6 is 0 Å². The molecule has 0 atom stereocenters. The molecule has 2 aromatic rings. The number of benzene rings is 2. The van der Waals surface area contributed by atoms with Crippen molar-refractivity contribution in [2.24, 2.45) is 0 Å². The highest BCUT2D eigenvalue weighted by atomic mass is 16.6. The van der Waals surface area contributed by atoms with E-state index in [9.17, 15) is 19.7 Å². The molecule has 0 spiro atoms. The van der Waals surface area contributed by atoms with Crippen LogP contribution in [-0.4, -0.2) is 49.3 Å². The number of anilines is 2. The van der Waals surface area contributed by atoms with Crippen molar-refractivity contribution in [3.05, 3.63) is 62.7 Å². The topological polar surface area (TPSA) is 95.8 Å². The Kier molecular flexibility index (Phi) is 6.58. The molecule has 2 amide bonds. The number of nitrogens with one attached hydrogen (secondary N) is 1. The number of amides is 2. The van der Waals surface area contributed by atoms with Gasteiger partial charge in [-0.2, -0.15) is 0 Å². The highest BCUT2D eigenvalue weighted by Gasteiger charge is 2.22. The van der Waals surface area contributed by atoms with Gasteiger partial charge in [0.15, 0.2) is 0 Å². The van der Waals surface area contributed by atoms with Gasteiger partial charge in [-0.15, -0.1) is 0 Å². The molecule has 29 heavy (non-hydrogen) atoms. The SMILES string of the molecule is Cc1cc(C)c(NC(=O)CN(C)C(=O)c2ccc(N(C)C)c([N+](=O)[O-])c2)c(C)c1. The summed E-state index contributed by atoms with van der Waals surface area (Å²) in [7, 11) is 4.87. The van der Waals surface area contributed by atoms with Crippen molar-refractivity contribution in [3.63, 3.8) is 0 Å². The van der Waals surface area contributed by atoms with E-state index >= 15 is 0 Å². The van der Waals surface area contributed by atoms with Gasteiger partial charge in [0.05, 0.1) is 11.5 Å². The zero-order chi connectivity index (χ0) is 21.9. The van der Waals surface area contributed by atoms with Crippen LogP contribution in [0.5, 0.6) is 0 Å². The predicted molar refractivity (Wildman–Crippen MR) is 114 cm³/mol. The summed E-state index contributed by atoms with van der Waals surface area (Å²) in [5, 5.41) is 14.2. The average molecular weight is 398 g/mol. The van der Waals surface area contributed by atoms with Gasteiger partial charge in [0.25, 0.3) is 11.6 Å². The third kappa shape index (κ3) is 5.10. The molecule has 0 unspecified atom stereocenters. The van der Waals surface area contributed by atoms with Crippen molar-refractivity contribution in [3.8, 4) is 0 Å². The molecule has 0 saturated carbocycles. The first-order valence-corrected chi connectivity index (χ1v) is 9.10. The highest BCUT2D eigenvalue weighted by molar-refractivity contribution is 6.00. The molecule has 154 valence electrons. The van der Waals surface area contributed by atoms with Gasteiger partial charge in [-0.3, -0.25) is 19.7 Å². The Hall–Kier alpha value is -3.42. The van der Waals surface area contributed by atoms with Gasteiger partial charge in [-0.05, 0) is 44.0 Å². The maximum absolute atomic E-state index is 12.7. The third-order valence-corrected chi connectivity index (χ3v) is 4.57. The summed E-state index contributed by atoms with van der Waals surface area (Å²) in [4.78, 5) is 38.8. The van der Waals surface area contributed by atoms with Gasteiger partial charge in [0, 0.05) is 38.5 Å². The number of aryl methyl sites for hydroxylation is 3. The number of nitro benzene ring substituents is 1. The Labute approximate surface area is 170 Å². The van der Waals surface area contributed by atoms with Crippen LogP contribution < -0.4 is 10.2 Å². The van der Waals surface area contributed by atoms with Crippen LogP contribution in [0, 0.1) is 30.9 Å². The predicted octanol–water partition coefficient (Wildman–Crippen LogP) is 3.30. The van der Waals surface area contributed by atoms with Crippen LogP contribution in [-0.2, 0) is 4.79 Å². The number of nitrogens with zero attached hydrogens (tertiary/aromatic N) is 3. The lowest BCUT2D eigenvalue weighted by Crippen LogP contribution is -2.35. The lowest BCUT2D eigenvalue weighted by molar-refractivity contribution is -0.384. The van der Waals surface area contributed by atoms with Crippen molar-refractivity contribution in [2.45, 2.75) is 20.8 Å². The third-order valence-electron chi connectivity index (χ3n) is 4.57. The number of hydrogen-bond acceptors (Lipinski definition) is 5. The van der Waals surface area contributed by atoms with Gasteiger partial charge in [-0.1, -0.05) is 17.7 Å². The van der Waals surface area contributed by atoms with E-state index in [0.717, 1.165) is 22.4 Å². The Morgan fingerprint density at radius 2 is 1.62 bits per heavy atom. The van der Waals surface area contributed by atoms with Crippen LogP contribution in [0.15, 0.2) is 30.3 Å². The minimum Gasteiger partial charge on any atom is -0.372 e. The number of carbonyl (C=O) groups is 2. The Morgan fingerprint density at radius 1 is 1.03 bits per heavy atom. The van der Waals surface area contributed by atoms with E-state index in [1.54, 1.807) is 19.0 Å². The maximum atomic E-state index is 12.7. The fourth-order valence-corrected chi connectivity index (χ4v) is 3.24. The first kappa shape index (κ1) is 21.9. The highest BCUT2D eigenvalue weighted by Crippen LogP contribution is 2.28. The van der Waals surface area contributed by atoms with E-state index in [1.165, 1.54) is 30.1 Å². The number of hydrogen-bond donors (Lipinski definition) is 1. The molecule has 1 N–H and O–H groups in total. The van der Waals surface area contributed by atoms with Gasteiger partial charge >= 0.3 is 0 Å². The van der Waals surface area contributed by atoms with Crippen molar-refractivity contribution in [1.29, 1.82) is 0 Å². The Bertz CT molecular complexity index is 946. The van der Waals surface area contributed by atoms with Crippen LogP contribution in [0.25, 0.3) is 0 Å². The molecule has 0 heterocycles. The van der Waals surface area contributed by atoms with Crippen molar-refractivity contribution in [1.82, 2.24) is 4.90 Å². The van der Waals surface area contributed by atoms with E-state index in [4.69, 9.17) is 0 Å². The summed E-state index contributed by atoms with van der Waals surface area (Å²) in [6.45, 7) is 5.64. The second-order valence-corrected chi connectivity index (χ2v) is 7.34. The molecule has 2 aromatic carbocycles. The molecule has 2 rings (SSSR count). The lowest BCUT2D eigenvalue weighted by atomic mass is 10.1. The minimum atomic E-state index is -0.526. The largest absolute Gasteiger partial charge is 0.372 e. The molecule has 0 bridgehead atoms. The maximum Gasteiger partial charge on any atom is 0.293 e. The van der Waals surface area contributed by atoms with Crippen LogP contribution in [0.4, 0.5) is 17.1 Å². The van der Waals surface area contributed by atoms with Crippen LogP contribution in [0.3, 0.4) is 0 Å². The molecular weight excluding hydrogens is 372 g/mol. The van der Waals surface area contributed by atoms with Crippen LogP contribution in [0.1, 0.15) is 27.0 Å². The van der Waals surface area contributed by atoms with E-state index in [-0.39, 0.29) is 23.7 Å². The molecule has 8 heteroatoms. The number of rotatable bonds is 6. The Morgan fingerprint density at radius 3 is 2.14 bits per heavy atom. The zero-order valence-corrected chi connectivity index (χ0v) is 17.6. The van der Waals surface area contributed by atoms with E-state index in [0.29, 0.717) is 5.69 Å². The fraction of sp³-hybridized carbons (Fsp3) is 0.333. The summed E-state index contributed by atoms with van der Waals surface area (Å²) in [5.41, 5.74) is 4.11. The normalized spacial score (nSPS) is 10.4. The summed E-state index contributed by atoms with van der Waals surface area (Å²) < 4.78 is 0. The summed E-state index contributed by atoms with van der Waals surface area (Å²) in [5.74, 6) is -0.804. The second kappa shape index (κ2) is 8.72. The van der Waals surface area contributed by atoms with E-state index in [2.05, 4.69) is 5.32 Å². The first-order chi connectivity index (χ1) is 13.5. The number of carbonyl (C=O) groups excluding carboxylic acids is 2. The average Bonchev–Trinajstić information content (AvgIpc) is 2.63. The number of nitro groups is 1. The summed E-state index contributed by atoms with van der Waals surface area (Å²) in [6.07, 6.45) is 0. The number of likely N-dealkylation sites (N-methyl/N-ethyl adjacent to an activating group) is 1. The smallest absolute Gasteiger partial charge is 0.293 e. The molecule has 0 radical (unpaired) electrons. The van der Waals surface area contributed by atoms with Crippen molar-refractivity contribution >= 4 is 28.9 Å². The van der Waals surface area contributed by atoms with E-state index < -0.39 is 10.8 Å². The fourth-order valence-electron chi connectivity index (χ4n) is 3.24. The van der Waals surface area contributed by atoms with Crippen molar-refractivity contribution in [2.75, 3.05) is 37.9 Å². The minimum absolute atomic E-state index is 0.153. The van der Waals surface area contributed by atoms with Gasteiger partial charge in [-0.25, -0.2) is 0 Å². The van der Waals surface area contributed by atoms with Gasteiger partial charge in [0.1, 0.15) is 5.69 Å². The quantitative estimate of drug-likeness (QED) is 0.595.